The number of aliphatic hydroxyl groups excluding tert-OH is 5. The van der Waals surface area contributed by atoms with Crippen molar-refractivity contribution >= 4 is 6.08 Å². The molecule has 4 aliphatic rings. The van der Waals surface area contributed by atoms with Gasteiger partial charge in [0.25, 0.3) is 0 Å². The van der Waals surface area contributed by atoms with E-state index in [4.69, 9.17) is 14.9 Å². The molecule has 4 aromatic rings. The zero-order chi connectivity index (χ0) is 44.0. The van der Waals surface area contributed by atoms with Crippen LogP contribution in [0, 0.1) is 29.6 Å². The number of benzene rings is 2. The minimum atomic E-state index is -0.891. The van der Waals surface area contributed by atoms with Crippen LogP contribution in [0.2, 0.25) is 0 Å². The van der Waals surface area contributed by atoms with Gasteiger partial charge in [0.2, 0.25) is 0 Å². The summed E-state index contributed by atoms with van der Waals surface area (Å²) < 4.78 is 12.3. The molecule has 0 radical (unpaired) electrons. The van der Waals surface area contributed by atoms with Crippen molar-refractivity contribution in [2.75, 3.05) is 19.7 Å². The number of aromatic hydroxyl groups is 1. The van der Waals surface area contributed by atoms with Crippen molar-refractivity contribution in [1.29, 1.82) is 0 Å². The number of unbranched alkanes of at least 4 members (excludes halogenated alkanes) is 1. The van der Waals surface area contributed by atoms with Crippen molar-refractivity contribution < 1.29 is 39.8 Å². The molecule has 63 heavy (non-hydrogen) atoms. The summed E-state index contributed by atoms with van der Waals surface area (Å²) in [6.45, 7) is 3.08. The van der Waals surface area contributed by atoms with Gasteiger partial charge in [-0.2, -0.15) is 0 Å². The monoisotopic (exact) mass is 866 g/mol. The molecule has 0 amide bonds. The molecule has 0 spiro atoms. The van der Waals surface area contributed by atoms with Crippen molar-refractivity contribution in [3.05, 3.63) is 111 Å². The van der Waals surface area contributed by atoms with Gasteiger partial charge < -0.3 is 55.8 Å². The van der Waals surface area contributed by atoms with Crippen molar-refractivity contribution in [2.45, 2.75) is 140 Å². The van der Waals surface area contributed by atoms with E-state index in [1.165, 1.54) is 30.5 Å². The van der Waals surface area contributed by atoms with Gasteiger partial charge in [0.1, 0.15) is 24.2 Å². The number of rotatable bonds is 19. The fraction of sp³-hybridized carbons (Fsp3) is 0.577. The van der Waals surface area contributed by atoms with E-state index in [1.54, 1.807) is 13.0 Å². The number of phenolic OH excluding ortho intramolecular Hbond substituents is 1. The molecule has 0 aliphatic heterocycles. The van der Waals surface area contributed by atoms with Crippen LogP contribution in [-0.2, 0) is 38.9 Å². The number of aliphatic hydroxyl groups is 5. The minimum Gasteiger partial charge on any atom is -0.504 e. The Morgan fingerprint density at radius 3 is 2.57 bits per heavy atom. The number of aryl methyl sites for hydroxylation is 4. The number of fused-ring (bicyclic) bond motifs is 3. The average Bonchev–Trinajstić information content (AvgIpc) is 4.02. The highest BCUT2D eigenvalue weighted by molar-refractivity contribution is 5.59. The highest BCUT2D eigenvalue weighted by Gasteiger charge is 2.39. The van der Waals surface area contributed by atoms with E-state index in [1.807, 2.05) is 36.4 Å². The fourth-order valence-corrected chi connectivity index (χ4v) is 11.6. The fourth-order valence-electron chi connectivity index (χ4n) is 11.6. The van der Waals surface area contributed by atoms with Gasteiger partial charge in [-0.1, -0.05) is 62.5 Å². The van der Waals surface area contributed by atoms with Crippen molar-refractivity contribution in [2.24, 2.45) is 35.3 Å². The van der Waals surface area contributed by atoms with Gasteiger partial charge in [-0.25, -0.2) is 0 Å². The largest absolute Gasteiger partial charge is 0.504 e. The second kappa shape index (κ2) is 20.9. The van der Waals surface area contributed by atoms with Crippen LogP contribution < -0.4 is 15.8 Å². The average molecular weight is 866 g/mol. The zero-order valence-electron chi connectivity index (χ0n) is 37.1. The lowest BCUT2D eigenvalue weighted by Gasteiger charge is -2.41. The van der Waals surface area contributed by atoms with Crippen LogP contribution in [0.4, 0.5) is 0 Å². The van der Waals surface area contributed by atoms with Crippen LogP contribution in [0.3, 0.4) is 0 Å². The summed E-state index contributed by atoms with van der Waals surface area (Å²) in [4.78, 5) is 3.54. The molecule has 2 fully saturated rings. The Hall–Kier alpha value is -3.94. The lowest BCUT2D eigenvalue weighted by atomic mass is 9.68. The Balaban J connectivity index is 0.792. The lowest BCUT2D eigenvalue weighted by Crippen LogP contribution is -2.42. The Kier molecular flexibility index (Phi) is 15.1. The van der Waals surface area contributed by atoms with Crippen LogP contribution in [0.5, 0.6) is 11.5 Å². The number of aromatic nitrogens is 1. The third kappa shape index (κ3) is 10.8. The smallest absolute Gasteiger partial charge is 0.161 e. The molecular formula is C52H71N3O8. The third-order valence-electron chi connectivity index (χ3n) is 15.1. The standard InChI is InChI=1S/C52H71N3O8/c1-31(58)26-54-27-44-39-7-4-6-35(39)14-19-46-43(44)25-47(55-46)49(60)30-62-51-23-33(12-20-48(51)59)9-15-38-24-37(29-57)50(63-38)8-3-2-5-32-10-17-41(45(53)22-32)42-18-13-36-21-34(28-56)11-16-40(36)52(42)61/h11-13,16,18,20-21,23-25,31-32,35,39,41-42,44-45,49,52,54-61H,2-10,14-15,17,19,22,26-30,53H2,1H3/t31-,32+,35+,39-,41-,42-,44-,45+,49-,52+/m0/s1. The van der Waals surface area contributed by atoms with E-state index in [2.05, 4.69) is 28.5 Å². The number of hydrogen-bond donors (Lipinski definition) is 9. The zero-order valence-corrected chi connectivity index (χ0v) is 37.1. The molecule has 0 bridgehead atoms. The number of ether oxygens (including phenoxy) is 1. The molecule has 10 N–H and O–H groups in total. The van der Waals surface area contributed by atoms with E-state index in [-0.39, 0.29) is 43.4 Å². The van der Waals surface area contributed by atoms with Gasteiger partial charge in [0.15, 0.2) is 11.5 Å². The maximum Gasteiger partial charge on any atom is 0.161 e. The quantitative estimate of drug-likeness (QED) is 0.0427. The molecule has 2 heterocycles. The SMILES string of the molecule is C[C@H](O)CNC[C@@H]1c2cc([C@@H](O)COc3cc(CCc4cc(CO)c(CCCC[C@@H]5CC[C@@H]([C@@H]6C=Cc7cc(CO)ccc7[C@H]6O)[C@H](N)C5)o4)ccc3O)[nH]c2CC[C@H]2CCC[C@@H]21. The molecule has 2 aromatic heterocycles. The number of furan rings is 1. The maximum atomic E-state index is 11.3. The molecule has 8 rings (SSSR count). The van der Waals surface area contributed by atoms with Crippen LogP contribution in [0.1, 0.15) is 146 Å². The maximum absolute atomic E-state index is 11.3. The first kappa shape index (κ1) is 45.6. The van der Waals surface area contributed by atoms with Gasteiger partial charge in [0, 0.05) is 60.8 Å². The summed E-state index contributed by atoms with van der Waals surface area (Å²) in [7, 11) is 0. The molecule has 10 atom stereocenters. The van der Waals surface area contributed by atoms with E-state index < -0.39 is 18.3 Å². The van der Waals surface area contributed by atoms with Crippen molar-refractivity contribution in [3.8, 4) is 11.5 Å². The lowest BCUT2D eigenvalue weighted by molar-refractivity contribution is 0.0651. The number of H-pyrrole nitrogens is 1. The van der Waals surface area contributed by atoms with Gasteiger partial charge in [-0.15, -0.1) is 0 Å². The molecule has 0 saturated heterocycles. The van der Waals surface area contributed by atoms with Crippen LogP contribution in [0.15, 0.2) is 59.0 Å². The third-order valence-corrected chi connectivity index (χ3v) is 15.1. The predicted molar refractivity (Wildman–Crippen MR) is 244 cm³/mol. The highest BCUT2D eigenvalue weighted by Crippen LogP contribution is 2.48. The topological polar surface area (TPSA) is 198 Å². The van der Waals surface area contributed by atoms with Crippen LogP contribution in [-0.4, -0.2) is 67.5 Å². The second-order valence-electron chi connectivity index (χ2n) is 19.4. The molecule has 4 aliphatic carbocycles. The Morgan fingerprint density at radius 1 is 0.905 bits per heavy atom. The molecule has 2 aromatic carbocycles. The van der Waals surface area contributed by atoms with Crippen LogP contribution in [0.25, 0.3) is 6.08 Å². The van der Waals surface area contributed by atoms with Crippen molar-refractivity contribution in [1.82, 2.24) is 10.3 Å². The van der Waals surface area contributed by atoms with Crippen molar-refractivity contribution in [3.63, 3.8) is 0 Å². The second-order valence-corrected chi connectivity index (χ2v) is 19.4. The summed E-state index contributed by atoms with van der Waals surface area (Å²) in [5, 5.41) is 66.3. The van der Waals surface area contributed by atoms with E-state index in [0.717, 1.165) is 109 Å². The van der Waals surface area contributed by atoms with E-state index in [9.17, 15) is 30.6 Å². The Labute approximate surface area is 372 Å². The number of nitrogens with two attached hydrogens (primary N) is 1. The van der Waals surface area contributed by atoms with E-state index in [0.29, 0.717) is 48.8 Å². The summed E-state index contributed by atoms with van der Waals surface area (Å²) in [5.41, 5.74) is 14.5. The number of phenols is 1. The summed E-state index contributed by atoms with van der Waals surface area (Å²) in [6.07, 6.45) is 16.4. The highest BCUT2D eigenvalue weighted by atomic mass is 16.5. The molecule has 2 saturated carbocycles. The van der Waals surface area contributed by atoms with Gasteiger partial charge in [-0.05, 0) is 134 Å². The summed E-state index contributed by atoms with van der Waals surface area (Å²) in [6, 6.07) is 15.2. The summed E-state index contributed by atoms with van der Waals surface area (Å²) in [5.74, 6) is 4.43. The van der Waals surface area contributed by atoms with E-state index >= 15 is 0 Å². The minimum absolute atomic E-state index is 0.00209. The first-order chi connectivity index (χ1) is 30.6. The van der Waals surface area contributed by atoms with Crippen LogP contribution >= 0.6 is 0 Å². The first-order valence-electron chi connectivity index (χ1n) is 23.9. The number of nitrogens with one attached hydrogen (secondary N) is 2. The van der Waals surface area contributed by atoms with Gasteiger partial charge in [0.05, 0.1) is 25.4 Å². The predicted octanol–water partition coefficient (Wildman–Crippen LogP) is 7.45. The Bertz CT molecular complexity index is 2140. The Morgan fingerprint density at radius 2 is 1.76 bits per heavy atom. The summed E-state index contributed by atoms with van der Waals surface area (Å²) >= 11 is 0. The van der Waals surface area contributed by atoms with Gasteiger partial charge in [-0.3, -0.25) is 0 Å². The normalized spacial score (nSPS) is 26.5. The molecule has 11 heteroatoms. The van der Waals surface area contributed by atoms with Gasteiger partial charge >= 0.3 is 0 Å². The molecule has 0 unspecified atom stereocenters. The molecule has 342 valence electrons. The number of hydrogen-bond acceptors (Lipinski definition) is 10. The number of aromatic amines is 1. The molecular weight excluding hydrogens is 795 g/mol. The molecule has 11 nitrogen and oxygen atoms in total. The first-order valence-corrected chi connectivity index (χ1v) is 23.9.